The van der Waals surface area contributed by atoms with Gasteiger partial charge in [0.1, 0.15) is 10.6 Å². The van der Waals surface area contributed by atoms with Crippen molar-refractivity contribution >= 4 is 27.3 Å². The maximum Gasteiger partial charge on any atom is 0.265 e. The molecule has 8 heteroatoms. The van der Waals surface area contributed by atoms with Gasteiger partial charge in [-0.15, -0.1) is 0 Å². The fraction of sp³-hybridized carbons (Fsp3) is 0.458. The van der Waals surface area contributed by atoms with E-state index in [1.54, 1.807) is 13.0 Å². The third-order valence-electron chi connectivity index (χ3n) is 5.12. The number of carbonyl (C=O) groups excluding carboxylic acids is 1. The second kappa shape index (κ2) is 10.4. The molecule has 1 atom stereocenters. The number of anilines is 2. The standard InChI is InChI=1S/C24H34N2O5S/c1-7-31-21-14-18(25-23(28)20(15-27)16(2)3)11-12-22(21)32(29,30)26-19-10-8-9-17(13-19)24(4,5)6/h8-14,16,20,26-27H,7,15H2,1-6H3,(H,25,28)/t20-/m0/s1. The van der Waals surface area contributed by atoms with E-state index in [4.69, 9.17) is 4.74 Å². The third kappa shape index (κ3) is 6.46. The molecule has 2 aromatic carbocycles. The smallest absolute Gasteiger partial charge is 0.265 e. The Bertz CT molecular complexity index is 1040. The number of amides is 1. The number of nitrogens with one attached hydrogen (secondary N) is 2. The summed E-state index contributed by atoms with van der Waals surface area (Å²) in [6, 6.07) is 11.7. The Morgan fingerprint density at radius 1 is 1.09 bits per heavy atom. The Morgan fingerprint density at radius 3 is 2.34 bits per heavy atom. The van der Waals surface area contributed by atoms with E-state index in [1.807, 2.05) is 32.0 Å². The first-order valence-corrected chi connectivity index (χ1v) is 12.2. The van der Waals surface area contributed by atoms with Crippen LogP contribution in [0.1, 0.15) is 47.1 Å². The Balaban J connectivity index is 2.35. The lowest BCUT2D eigenvalue weighted by Crippen LogP contribution is -2.29. The van der Waals surface area contributed by atoms with Crippen LogP contribution in [0.3, 0.4) is 0 Å². The molecule has 0 radical (unpaired) electrons. The van der Waals surface area contributed by atoms with Crippen molar-refractivity contribution in [3.05, 3.63) is 48.0 Å². The predicted molar refractivity (Wildman–Crippen MR) is 128 cm³/mol. The van der Waals surface area contributed by atoms with E-state index in [1.165, 1.54) is 18.2 Å². The quantitative estimate of drug-likeness (QED) is 0.513. The van der Waals surface area contributed by atoms with Crippen LogP contribution in [0.15, 0.2) is 47.4 Å². The van der Waals surface area contributed by atoms with Crippen molar-refractivity contribution in [1.29, 1.82) is 0 Å². The van der Waals surface area contributed by atoms with Gasteiger partial charge >= 0.3 is 0 Å². The van der Waals surface area contributed by atoms with E-state index in [9.17, 15) is 18.3 Å². The van der Waals surface area contributed by atoms with E-state index >= 15 is 0 Å². The molecule has 7 nitrogen and oxygen atoms in total. The van der Waals surface area contributed by atoms with E-state index < -0.39 is 15.9 Å². The molecule has 0 bridgehead atoms. The van der Waals surface area contributed by atoms with Crippen LogP contribution in [0.25, 0.3) is 0 Å². The van der Waals surface area contributed by atoms with Crippen LogP contribution in [0, 0.1) is 11.8 Å². The molecule has 2 aromatic rings. The molecule has 2 rings (SSSR count). The molecular weight excluding hydrogens is 428 g/mol. The van der Waals surface area contributed by atoms with Gasteiger partial charge in [0.05, 0.1) is 19.1 Å². The molecular formula is C24H34N2O5S. The summed E-state index contributed by atoms with van der Waals surface area (Å²) >= 11 is 0. The van der Waals surface area contributed by atoms with Crippen LogP contribution in [0.5, 0.6) is 5.75 Å². The van der Waals surface area contributed by atoms with E-state index in [0.717, 1.165) is 5.56 Å². The van der Waals surface area contributed by atoms with E-state index in [2.05, 4.69) is 30.8 Å². The van der Waals surface area contributed by atoms with Gasteiger partial charge in [-0.25, -0.2) is 8.42 Å². The summed E-state index contributed by atoms with van der Waals surface area (Å²) in [6.45, 7) is 11.6. The highest BCUT2D eigenvalue weighted by atomic mass is 32.2. The van der Waals surface area contributed by atoms with Crippen LogP contribution in [-0.2, 0) is 20.2 Å². The van der Waals surface area contributed by atoms with Crippen LogP contribution in [0.4, 0.5) is 11.4 Å². The maximum atomic E-state index is 13.1. The number of hydrogen-bond donors (Lipinski definition) is 3. The molecule has 0 fully saturated rings. The summed E-state index contributed by atoms with van der Waals surface area (Å²) in [4.78, 5) is 12.4. The summed E-state index contributed by atoms with van der Waals surface area (Å²) in [5.41, 5.74) is 1.73. The highest BCUT2D eigenvalue weighted by Crippen LogP contribution is 2.31. The van der Waals surface area contributed by atoms with Crippen molar-refractivity contribution in [3.63, 3.8) is 0 Å². The number of ether oxygens (including phenoxy) is 1. The number of sulfonamides is 1. The molecule has 0 aliphatic carbocycles. The molecule has 0 heterocycles. The van der Waals surface area contributed by atoms with Gasteiger partial charge in [0.15, 0.2) is 0 Å². The Labute approximate surface area is 191 Å². The number of rotatable bonds is 9. The number of benzene rings is 2. The van der Waals surface area contributed by atoms with Gasteiger partial charge < -0.3 is 15.2 Å². The average Bonchev–Trinajstić information content (AvgIpc) is 2.67. The molecule has 0 aliphatic rings. The van der Waals surface area contributed by atoms with Gasteiger partial charge in [0.25, 0.3) is 10.0 Å². The van der Waals surface area contributed by atoms with Crippen molar-refractivity contribution in [2.24, 2.45) is 11.8 Å². The summed E-state index contributed by atoms with van der Waals surface area (Å²) in [7, 11) is -3.94. The van der Waals surface area contributed by atoms with Gasteiger partial charge in [-0.2, -0.15) is 0 Å². The fourth-order valence-electron chi connectivity index (χ4n) is 3.17. The lowest BCUT2D eigenvalue weighted by molar-refractivity contribution is -0.122. The van der Waals surface area contributed by atoms with E-state index in [0.29, 0.717) is 11.4 Å². The van der Waals surface area contributed by atoms with E-state index in [-0.39, 0.29) is 41.1 Å². The average molecular weight is 463 g/mol. The summed E-state index contributed by atoms with van der Waals surface area (Å²) < 4.78 is 34.4. The summed E-state index contributed by atoms with van der Waals surface area (Å²) in [5.74, 6) is -0.808. The first-order valence-electron chi connectivity index (χ1n) is 10.7. The van der Waals surface area contributed by atoms with Gasteiger partial charge in [-0.3, -0.25) is 9.52 Å². The van der Waals surface area contributed by atoms with Gasteiger partial charge in [-0.05, 0) is 48.1 Å². The third-order valence-corrected chi connectivity index (χ3v) is 6.54. The Kier molecular flexibility index (Phi) is 8.31. The normalized spacial score (nSPS) is 13.0. The predicted octanol–water partition coefficient (Wildman–Crippen LogP) is 4.39. The minimum Gasteiger partial charge on any atom is -0.492 e. The molecule has 0 spiro atoms. The largest absolute Gasteiger partial charge is 0.492 e. The lowest BCUT2D eigenvalue weighted by atomic mass is 9.87. The fourth-order valence-corrected chi connectivity index (χ4v) is 4.34. The van der Waals surface area contributed by atoms with Gasteiger partial charge in [0.2, 0.25) is 5.91 Å². The molecule has 0 saturated heterocycles. The minimum absolute atomic E-state index is 0.0268. The number of hydrogen-bond acceptors (Lipinski definition) is 5. The molecule has 3 N–H and O–H groups in total. The second-order valence-electron chi connectivity index (χ2n) is 9.05. The molecule has 0 aromatic heterocycles. The van der Waals surface area contributed by atoms with Crippen molar-refractivity contribution in [2.75, 3.05) is 23.3 Å². The van der Waals surface area contributed by atoms with Crippen LogP contribution < -0.4 is 14.8 Å². The molecule has 1 amide bonds. The van der Waals surface area contributed by atoms with Crippen LogP contribution in [0.2, 0.25) is 0 Å². The topological polar surface area (TPSA) is 105 Å². The molecule has 0 aliphatic heterocycles. The monoisotopic (exact) mass is 462 g/mol. The van der Waals surface area contributed by atoms with Gasteiger partial charge in [0, 0.05) is 17.4 Å². The summed E-state index contributed by atoms with van der Waals surface area (Å²) in [6.07, 6.45) is 0. The van der Waals surface area contributed by atoms with Crippen LogP contribution in [-0.4, -0.2) is 32.6 Å². The molecule has 176 valence electrons. The zero-order valence-corrected chi connectivity index (χ0v) is 20.4. The Hall–Kier alpha value is -2.58. The van der Waals surface area contributed by atoms with Crippen LogP contribution >= 0.6 is 0 Å². The Morgan fingerprint density at radius 2 is 1.78 bits per heavy atom. The van der Waals surface area contributed by atoms with Crippen molar-refractivity contribution < 1.29 is 23.1 Å². The SMILES string of the molecule is CCOc1cc(NC(=O)[C@@H](CO)C(C)C)ccc1S(=O)(=O)Nc1cccc(C(C)(C)C)c1. The minimum atomic E-state index is -3.94. The van der Waals surface area contributed by atoms with Crippen molar-refractivity contribution in [2.45, 2.75) is 51.9 Å². The molecule has 32 heavy (non-hydrogen) atoms. The number of aliphatic hydroxyl groups is 1. The zero-order chi connectivity index (χ0) is 24.1. The number of aliphatic hydroxyl groups excluding tert-OH is 1. The number of carbonyl (C=O) groups is 1. The van der Waals surface area contributed by atoms with Gasteiger partial charge in [-0.1, -0.05) is 46.8 Å². The zero-order valence-electron chi connectivity index (χ0n) is 19.6. The molecule has 0 saturated carbocycles. The first-order chi connectivity index (χ1) is 14.9. The van der Waals surface area contributed by atoms with Crippen molar-refractivity contribution in [3.8, 4) is 5.75 Å². The lowest BCUT2D eigenvalue weighted by Gasteiger charge is -2.20. The first kappa shape index (κ1) is 25.7. The molecule has 0 unspecified atom stereocenters. The highest BCUT2D eigenvalue weighted by molar-refractivity contribution is 7.92. The highest BCUT2D eigenvalue weighted by Gasteiger charge is 2.24. The maximum absolute atomic E-state index is 13.1. The summed E-state index contributed by atoms with van der Waals surface area (Å²) in [5, 5.41) is 12.2. The second-order valence-corrected chi connectivity index (χ2v) is 10.7. The van der Waals surface area contributed by atoms with Crippen molar-refractivity contribution in [1.82, 2.24) is 0 Å².